The summed E-state index contributed by atoms with van der Waals surface area (Å²) in [6.45, 7) is 5.00. The molecule has 0 bridgehead atoms. The fourth-order valence-electron chi connectivity index (χ4n) is 7.31. The van der Waals surface area contributed by atoms with Crippen molar-refractivity contribution < 1.29 is 10.2 Å². The molecule has 0 aromatic heterocycles. The molecule has 4 aliphatic rings. The second-order valence-electron chi connectivity index (χ2n) is 9.25. The van der Waals surface area contributed by atoms with E-state index in [1.807, 2.05) is 0 Å². The van der Waals surface area contributed by atoms with E-state index in [2.05, 4.69) is 13.8 Å². The zero-order chi connectivity index (χ0) is 14.8. The maximum absolute atomic E-state index is 10.5. The van der Waals surface area contributed by atoms with Crippen LogP contribution in [0.25, 0.3) is 0 Å². The van der Waals surface area contributed by atoms with Crippen LogP contribution in [0.2, 0.25) is 0 Å². The molecule has 8 atom stereocenters. The smallest absolute Gasteiger partial charge is 0.0832 e. The largest absolute Gasteiger partial charge is 0.390 e. The zero-order valence-corrected chi connectivity index (χ0v) is 13.7. The molecular formula is C19H32O2. The lowest BCUT2D eigenvalue weighted by Gasteiger charge is -2.61. The molecule has 0 aromatic carbocycles. The molecule has 4 aliphatic carbocycles. The summed E-state index contributed by atoms with van der Waals surface area (Å²) in [6, 6.07) is 0. The molecule has 0 amide bonds. The van der Waals surface area contributed by atoms with Gasteiger partial charge in [-0.25, -0.2) is 0 Å². The second kappa shape index (κ2) is 4.71. The van der Waals surface area contributed by atoms with E-state index in [-0.39, 0.29) is 5.41 Å². The van der Waals surface area contributed by atoms with Gasteiger partial charge in [0, 0.05) is 0 Å². The van der Waals surface area contributed by atoms with Gasteiger partial charge in [0.15, 0.2) is 0 Å². The highest BCUT2D eigenvalue weighted by Crippen LogP contribution is 2.66. The van der Waals surface area contributed by atoms with Crippen molar-refractivity contribution in [1.82, 2.24) is 0 Å². The minimum atomic E-state index is -0.472. The van der Waals surface area contributed by atoms with E-state index in [1.165, 1.54) is 38.5 Å². The molecular weight excluding hydrogens is 260 g/mol. The summed E-state index contributed by atoms with van der Waals surface area (Å²) in [5, 5.41) is 20.6. The maximum atomic E-state index is 10.5. The van der Waals surface area contributed by atoms with Crippen LogP contribution in [0.3, 0.4) is 0 Å². The summed E-state index contributed by atoms with van der Waals surface area (Å²) in [4.78, 5) is 0. The average molecular weight is 292 g/mol. The monoisotopic (exact) mass is 292 g/mol. The highest BCUT2D eigenvalue weighted by atomic mass is 16.3. The van der Waals surface area contributed by atoms with Crippen molar-refractivity contribution in [2.45, 2.75) is 83.8 Å². The Morgan fingerprint density at radius 2 is 1.57 bits per heavy atom. The van der Waals surface area contributed by atoms with Crippen LogP contribution in [0.1, 0.15) is 71.6 Å². The molecule has 0 radical (unpaired) electrons. The van der Waals surface area contributed by atoms with Crippen molar-refractivity contribution in [3.63, 3.8) is 0 Å². The van der Waals surface area contributed by atoms with E-state index >= 15 is 0 Å². The van der Waals surface area contributed by atoms with Gasteiger partial charge in [0.25, 0.3) is 0 Å². The molecule has 0 saturated heterocycles. The van der Waals surface area contributed by atoms with Crippen LogP contribution in [0, 0.1) is 34.5 Å². The van der Waals surface area contributed by atoms with Crippen molar-refractivity contribution in [2.75, 3.05) is 0 Å². The van der Waals surface area contributed by atoms with Crippen LogP contribution in [-0.2, 0) is 0 Å². The molecule has 2 nitrogen and oxygen atoms in total. The fourth-order valence-corrected chi connectivity index (χ4v) is 7.31. The van der Waals surface area contributed by atoms with Gasteiger partial charge in [-0.1, -0.05) is 20.3 Å². The van der Waals surface area contributed by atoms with Crippen LogP contribution in [0.4, 0.5) is 0 Å². The predicted octanol–water partition coefficient (Wildman–Crippen LogP) is 3.75. The first kappa shape index (κ1) is 14.5. The Hall–Kier alpha value is -0.0800. The normalized spacial score (nSPS) is 60.0. The van der Waals surface area contributed by atoms with E-state index in [4.69, 9.17) is 0 Å². The molecule has 21 heavy (non-hydrogen) atoms. The minimum absolute atomic E-state index is 0.283. The third-order valence-electron chi connectivity index (χ3n) is 8.51. The topological polar surface area (TPSA) is 40.5 Å². The van der Waals surface area contributed by atoms with E-state index in [1.54, 1.807) is 0 Å². The molecule has 0 spiro atoms. The molecule has 4 rings (SSSR count). The number of fused-ring (bicyclic) bond motifs is 5. The Kier molecular flexibility index (Phi) is 3.25. The lowest BCUT2D eigenvalue weighted by Crippen LogP contribution is -2.57. The highest BCUT2D eigenvalue weighted by molar-refractivity contribution is 5.09. The van der Waals surface area contributed by atoms with Crippen molar-refractivity contribution in [2.24, 2.45) is 34.5 Å². The number of aliphatic hydroxyl groups excluding tert-OH is 2. The van der Waals surface area contributed by atoms with Crippen LogP contribution in [-0.4, -0.2) is 22.4 Å². The van der Waals surface area contributed by atoms with Gasteiger partial charge in [-0.2, -0.15) is 0 Å². The number of hydrogen-bond acceptors (Lipinski definition) is 2. The summed E-state index contributed by atoms with van der Waals surface area (Å²) in [5.74, 6) is 2.98. The first-order chi connectivity index (χ1) is 9.96. The average Bonchev–Trinajstić information content (AvgIpc) is 2.85. The first-order valence-corrected chi connectivity index (χ1v) is 9.32. The predicted molar refractivity (Wildman–Crippen MR) is 83.7 cm³/mol. The Morgan fingerprint density at radius 1 is 0.762 bits per heavy atom. The Morgan fingerprint density at radius 3 is 2.38 bits per heavy atom. The lowest BCUT2D eigenvalue weighted by atomic mass is 9.45. The van der Waals surface area contributed by atoms with Gasteiger partial charge in [0.1, 0.15) is 0 Å². The molecule has 0 aliphatic heterocycles. The minimum Gasteiger partial charge on any atom is -0.390 e. The van der Waals surface area contributed by atoms with Gasteiger partial charge in [-0.3, -0.25) is 0 Å². The van der Waals surface area contributed by atoms with E-state index in [0.29, 0.717) is 11.3 Å². The number of rotatable bonds is 0. The van der Waals surface area contributed by atoms with E-state index in [0.717, 1.165) is 37.0 Å². The summed E-state index contributed by atoms with van der Waals surface area (Å²) < 4.78 is 0. The number of aliphatic hydroxyl groups is 2. The SMILES string of the molecule is C[C@]12CCC[C@@H]1[C@@H]1CC[C@H]3[C@H](O)[C@H](O)CC[C@]3(C)[C@H]1CC2. The van der Waals surface area contributed by atoms with Crippen LogP contribution in [0.5, 0.6) is 0 Å². The zero-order valence-electron chi connectivity index (χ0n) is 13.7. The van der Waals surface area contributed by atoms with Crippen molar-refractivity contribution >= 4 is 0 Å². The third-order valence-corrected chi connectivity index (χ3v) is 8.51. The summed E-state index contributed by atoms with van der Waals surface area (Å²) in [7, 11) is 0. The molecule has 0 heterocycles. The van der Waals surface area contributed by atoms with Gasteiger partial charge in [-0.15, -0.1) is 0 Å². The highest BCUT2D eigenvalue weighted by Gasteiger charge is 2.59. The van der Waals surface area contributed by atoms with E-state index < -0.39 is 12.2 Å². The van der Waals surface area contributed by atoms with Crippen LogP contribution < -0.4 is 0 Å². The van der Waals surface area contributed by atoms with Crippen molar-refractivity contribution in [3.8, 4) is 0 Å². The lowest BCUT2D eigenvalue weighted by molar-refractivity contribution is -0.171. The molecule has 120 valence electrons. The molecule has 0 unspecified atom stereocenters. The van der Waals surface area contributed by atoms with Crippen LogP contribution in [0.15, 0.2) is 0 Å². The van der Waals surface area contributed by atoms with Gasteiger partial charge in [-0.05, 0) is 85.9 Å². The quantitative estimate of drug-likeness (QED) is 0.714. The Balaban J connectivity index is 1.64. The summed E-state index contributed by atoms with van der Waals surface area (Å²) in [6.07, 6.45) is 10.5. The van der Waals surface area contributed by atoms with Crippen molar-refractivity contribution in [3.05, 3.63) is 0 Å². The molecule has 0 aromatic rings. The van der Waals surface area contributed by atoms with Crippen molar-refractivity contribution in [1.29, 1.82) is 0 Å². The van der Waals surface area contributed by atoms with E-state index in [9.17, 15) is 10.2 Å². The van der Waals surface area contributed by atoms with Crippen LogP contribution >= 0.6 is 0 Å². The van der Waals surface area contributed by atoms with Gasteiger partial charge in [0.2, 0.25) is 0 Å². The van der Waals surface area contributed by atoms with Gasteiger partial charge >= 0.3 is 0 Å². The molecule has 2 heteroatoms. The number of hydrogen-bond donors (Lipinski definition) is 2. The molecule has 2 N–H and O–H groups in total. The standard InChI is InChI=1S/C19H32O2/c1-18-9-3-4-13(18)12-5-6-15-17(21)16(20)8-11-19(15,2)14(12)7-10-18/h12-17,20-21H,3-11H2,1-2H3/t12-,13+,14-,15-,16+,17-,18+,19+/m0/s1. The summed E-state index contributed by atoms with van der Waals surface area (Å²) >= 11 is 0. The van der Waals surface area contributed by atoms with Gasteiger partial charge in [0.05, 0.1) is 12.2 Å². The Bertz CT molecular complexity index is 422. The summed E-state index contributed by atoms with van der Waals surface area (Å²) in [5.41, 5.74) is 0.905. The maximum Gasteiger partial charge on any atom is 0.0832 e. The second-order valence-corrected chi connectivity index (χ2v) is 9.25. The fraction of sp³-hybridized carbons (Fsp3) is 1.00. The molecule has 4 fully saturated rings. The first-order valence-electron chi connectivity index (χ1n) is 9.32. The molecule has 4 saturated carbocycles. The Labute approximate surface area is 129 Å². The third kappa shape index (κ3) is 1.91. The van der Waals surface area contributed by atoms with Gasteiger partial charge < -0.3 is 10.2 Å².